The minimum Gasteiger partial charge on any atom is -0.467 e. The van der Waals surface area contributed by atoms with Crippen LogP contribution in [0.3, 0.4) is 0 Å². The smallest absolute Gasteiger partial charge is 0.256 e. The molecule has 40 heavy (non-hydrogen) atoms. The average Bonchev–Trinajstić information content (AvgIpc) is 3.50. The Morgan fingerprint density at radius 1 is 0.900 bits per heavy atom. The zero-order chi connectivity index (χ0) is 27.6. The minimum atomic E-state index is -0.253. The molecule has 5 aromatic rings. The summed E-state index contributed by atoms with van der Waals surface area (Å²) in [6, 6.07) is 20.2. The van der Waals surface area contributed by atoms with Crippen molar-refractivity contribution in [2.24, 2.45) is 0 Å². The number of fused-ring (bicyclic) bond motifs is 1. The molecule has 1 aliphatic heterocycles. The van der Waals surface area contributed by atoms with Gasteiger partial charge in [-0.2, -0.15) is 4.98 Å². The molecule has 10 heteroatoms. The Kier molecular flexibility index (Phi) is 6.73. The average molecular weight is 539 g/mol. The number of benzene rings is 2. The summed E-state index contributed by atoms with van der Waals surface area (Å²) in [6.45, 7) is 5.02. The van der Waals surface area contributed by atoms with E-state index in [9.17, 15) is 14.0 Å². The molecular weight excluding hydrogens is 511 g/mol. The molecule has 1 N–H and O–H groups in total. The van der Waals surface area contributed by atoms with Gasteiger partial charge in [0.25, 0.3) is 11.5 Å². The Hall–Kier alpha value is -4.99. The molecule has 1 amide bonds. The molecule has 3 aromatic heterocycles. The van der Waals surface area contributed by atoms with Gasteiger partial charge >= 0.3 is 0 Å². The maximum Gasteiger partial charge on any atom is 0.256 e. The molecular formula is C30H27FN6O3. The summed E-state index contributed by atoms with van der Waals surface area (Å²) < 4.78 is 20.1. The van der Waals surface area contributed by atoms with Crippen LogP contribution in [0.2, 0.25) is 0 Å². The van der Waals surface area contributed by atoms with E-state index in [1.165, 1.54) is 18.2 Å². The first-order chi connectivity index (χ1) is 19.5. The second kappa shape index (κ2) is 10.6. The molecule has 9 nitrogen and oxygen atoms in total. The van der Waals surface area contributed by atoms with E-state index in [4.69, 9.17) is 14.4 Å². The number of amides is 1. The topological polar surface area (TPSA) is 96.5 Å². The lowest BCUT2D eigenvalue weighted by atomic mass is 10.1. The van der Waals surface area contributed by atoms with Crippen LogP contribution in [0.15, 0.2) is 88.3 Å². The quantitative estimate of drug-likeness (QED) is 0.348. The Morgan fingerprint density at radius 3 is 2.30 bits per heavy atom. The summed E-state index contributed by atoms with van der Waals surface area (Å²) in [6.07, 6.45) is 1.56. The van der Waals surface area contributed by atoms with Crippen LogP contribution in [-0.4, -0.2) is 46.6 Å². The zero-order valence-corrected chi connectivity index (χ0v) is 21.9. The van der Waals surface area contributed by atoms with Gasteiger partial charge in [-0.25, -0.2) is 9.37 Å². The van der Waals surface area contributed by atoms with Crippen molar-refractivity contribution in [2.45, 2.75) is 13.5 Å². The lowest BCUT2D eigenvalue weighted by molar-refractivity contribution is 0.0948. The molecule has 1 fully saturated rings. The van der Waals surface area contributed by atoms with Crippen molar-refractivity contribution in [1.82, 2.24) is 19.9 Å². The van der Waals surface area contributed by atoms with Gasteiger partial charge in [-0.3, -0.25) is 14.2 Å². The first-order valence-corrected chi connectivity index (χ1v) is 13.0. The molecule has 202 valence electrons. The second-order valence-electron chi connectivity index (χ2n) is 9.61. The lowest BCUT2D eigenvalue weighted by Crippen LogP contribution is -2.47. The number of aryl methyl sites for hydroxylation is 1. The van der Waals surface area contributed by atoms with Crippen LogP contribution in [0.1, 0.15) is 21.8 Å². The van der Waals surface area contributed by atoms with E-state index >= 15 is 0 Å². The molecule has 0 atom stereocenters. The van der Waals surface area contributed by atoms with Crippen molar-refractivity contribution in [2.75, 3.05) is 36.0 Å². The van der Waals surface area contributed by atoms with Gasteiger partial charge in [0, 0.05) is 48.9 Å². The molecule has 6 rings (SSSR count). The molecule has 0 saturated carbocycles. The van der Waals surface area contributed by atoms with E-state index in [-0.39, 0.29) is 23.8 Å². The number of nitrogens with zero attached hydrogens (tertiary/aromatic N) is 5. The fraction of sp³-hybridized carbons (Fsp3) is 0.200. The van der Waals surface area contributed by atoms with E-state index in [2.05, 4.69) is 15.1 Å². The van der Waals surface area contributed by atoms with Crippen LogP contribution in [0.4, 0.5) is 16.0 Å². The van der Waals surface area contributed by atoms with Crippen molar-refractivity contribution >= 4 is 28.6 Å². The number of nitrogens with one attached hydrogen (secondary N) is 1. The number of aromatic nitrogens is 3. The first kappa shape index (κ1) is 25.3. The number of furan rings is 1. The van der Waals surface area contributed by atoms with Crippen LogP contribution in [-0.2, 0) is 6.54 Å². The van der Waals surface area contributed by atoms with Crippen LogP contribution in [0.5, 0.6) is 0 Å². The van der Waals surface area contributed by atoms with Crippen LogP contribution in [0.25, 0.3) is 16.7 Å². The van der Waals surface area contributed by atoms with Gasteiger partial charge in [0.1, 0.15) is 11.6 Å². The number of carbonyl (C=O) groups is 1. The summed E-state index contributed by atoms with van der Waals surface area (Å²) in [4.78, 5) is 39.6. The molecule has 1 aliphatic rings. The highest BCUT2D eigenvalue weighted by Crippen LogP contribution is 2.23. The number of hydrogen-bond donors (Lipinski definition) is 1. The van der Waals surface area contributed by atoms with Crippen LogP contribution < -0.4 is 20.7 Å². The van der Waals surface area contributed by atoms with Crippen molar-refractivity contribution in [1.29, 1.82) is 0 Å². The molecule has 2 aromatic carbocycles. The SMILES string of the molecule is Cc1nc(N2CCN(c3ccc(F)cc3)CC2)nc2c1ccc(=O)n2-c1ccc(C(=O)NCc2ccco2)cc1. The summed E-state index contributed by atoms with van der Waals surface area (Å²) >= 11 is 0. The predicted molar refractivity (Wildman–Crippen MR) is 151 cm³/mol. The first-order valence-electron chi connectivity index (χ1n) is 13.0. The molecule has 0 aliphatic carbocycles. The highest BCUT2D eigenvalue weighted by Gasteiger charge is 2.21. The summed E-state index contributed by atoms with van der Waals surface area (Å²) in [5.41, 5.74) is 3.09. The van der Waals surface area contributed by atoms with Crippen molar-refractivity contribution in [3.8, 4) is 5.69 Å². The van der Waals surface area contributed by atoms with Crippen LogP contribution >= 0.6 is 0 Å². The van der Waals surface area contributed by atoms with Gasteiger partial charge in [0.05, 0.1) is 24.2 Å². The van der Waals surface area contributed by atoms with Gasteiger partial charge in [0.15, 0.2) is 5.65 Å². The summed E-state index contributed by atoms with van der Waals surface area (Å²) in [5.74, 6) is 0.719. The Balaban J connectivity index is 1.25. The van der Waals surface area contributed by atoms with Crippen molar-refractivity contribution in [3.63, 3.8) is 0 Å². The van der Waals surface area contributed by atoms with E-state index in [0.29, 0.717) is 41.7 Å². The monoisotopic (exact) mass is 538 g/mol. The highest BCUT2D eigenvalue weighted by molar-refractivity contribution is 5.94. The third kappa shape index (κ3) is 5.03. The molecule has 0 spiro atoms. The van der Waals surface area contributed by atoms with Gasteiger partial charge in [-0.15, -0.1) is 0 Å². The van der Waals surface area contributed by atoms with Gasteiger partial charge in [-0.05, 0) is 73.7 Å². The summed E-state index contributed by atoms with van der Waals surface area (Å²) in [7, 11) is 0. The van der Waals surface area contributed by atoms with Gasteiger partial charge in [0.2, 0.25) is 5.95 Å². The minimum absolute atomic E-state index is 0.229. The number of hydrogen-bond acceptors (Lipinski definition) is 7. The lowest BCUT2D eigenvalue weighted by Gasteiger charge is -2.36. The Labute approximate surface area is 229 Å². The predicted octanol–water partition coefficient (Wildman–Crippen LogP) is 4.08. The molecule has 1 saturated heterocycles. The Bertz CT molecular complexity index is 1710. The standard InChI is InChI=1S/C30H27FN6O3/c1-20-26-12-13-27(38)37(24-8-4-21(5-9-24)29(39)32-19-25-3-2-18-40-25)28(26)34-30(33-20)36-16-14-35(15-17-36)23-10-6-22(31)7-11-23/h2-13,18H,14-17,19H2,1H3,(H,32,39). The number of carbonyl (C=O) groups excluding carboxylic acids is 1. The number of piperazine rings is 1. The molecule has 0 bridgehead atoms. The number of rotatable bonds is 6. The normalized spacial score (nSPS) is 13.6. The summed E-state index contributed by atoms with van der Waals surface area (Å²) in [5, 5.41) is 3.59. The molecule has 0 unspecified atom stereocenters. The fourth-order valence-corrected chi connectivity index (χ4v) is 4.90. The van der Waals surface area contributed by atoms with Gasteiger partial charge in [-0.1, -0.05) is 0 Å². The molecule has 0 radical (unpaired) electrons. The number of pyridine rings is 1. The zero-order valence-electron chi connectivity index (χ0n) is 21.9. The van der Waals surface area contributed by atoms with E-state index < -0.39 is 0 Å². The third-order valence-corrected chi connectivity index (χ3v) is 7.07. The van der Waals surface area contributed by atoms with Crippen molar-refractivity contribution in [3.05, 3.63) is 112 Å². The Morgan fingerprint density at radius 2 is 1.60 bits per heavy atom. The fourth-order valence-electron chi connectivity index (χ4n) is 4.90. The molecule has 4 heterocycles. The highest BCUT2D eigenvalue weighted by atomic mass is 19.1. The van der Waals surface area contributed by atoms with Crippen LogP contribution in [0, 0.1) is 12.7 Å². The van der Waals surface area contributed by atoms with Crippen molar-refractivity contribution < 1.29 is 13.6 Å². The number of halogens is 1. The maximum atomic E-state index is 13.3. The van der Waals surface area contributed by atoms with E-state index in [0.717, 1.165) is 29.9 Å². The number of anilines is 2. The third-order valence-electron chi connectivity index (χ3n) is 7.07. The van der Waals surface area contributed by atoms with E-state index in [1.54, 1.807) is 65.4 Å². The largest absolute Gasteiger partial charge is 0.467 e. The van der Waals surface area contributed by atoms with Gasteiger partial charge < -0.3 is 19.5 Å². The second-order valence-corrected chi connectivity index (χ2v) is 9.61. The maximum absolute atomic E-state index is 13.3. The van der Waals surface area contributed by atoms with E-state index in [1.807, 2.05) is 6.92 Å².